The number of ether oxygens (including phenoxy) is 1. The first-order valence-corrected chi connectivity index (χ1v) is 8.83. The molecule has 0 fully saturated rings. The molecule has 0 unspecified atom stereocenters. The molecule has 1 aromatic heterocycles. The molecule has 1 aliphatic heterocycles. The van der Waals surface area contributed by atoms with Crippen LogP contribution in [-0.2, 0) is 16.0 Å². The standard InChI is InChI=1S/C18H20N2O3S/c1-13-15-8-10-24-16(15)7-9-20(13)18(22)11-19-17(21)12-23-14-5-3-2-4-6-14/h2-6,8,10,13H,7,9,11-12H2,1H3,(H,19,21)/t13-/m1/s1. The van der Waals surface area contributed by atoms with E-state index in [-0.39, 0.29) is 31.0 Å². The van der Waals surface area contributed by atoms with E-state index in [0.717, 1.165) is 6.42 Å². The van der Waals surface area contributed by atoms with Crippen LogP contribution in [0.25, 0.3) is 0 Å². The summed E-state index contributed by atoms with van der Waals surface area (Å²) in [5.74, 6) is 0.272. The first-order chi connectivity index (χ1) is 11.6. The van der Waals surface area contributed by atoms with E-state index in [2.05, 4.69) is 16.8 Å². The SMILES string of the molecule is C[C@@H]1c2ccsc2CCN1C(=O)CNC(=O)COc1ccccc1. The number of fused-ring (bicyclic) bond motifs is 1. The van der Waals surface area contributed by atoms with Gasteiger partial charge in [0.1, 0.15) is 5.75 Å². The fraction of sp³-hybridized carbons (Fsp3) is 0.333. The topological polar surface area (TPSA) is 58.6 Å². The highest BCUT2D eigenvalue weighted by Crippen LogP contribution is 2.32. The lowest BCUT2D eigenvalue weighted by Gasteiger charge is -2.33. The Morgan fingerprint density at radius 3 is 2.88 bits per heavy atom. The summed E-state index contributed by atoms with van der Waals surface area (Å²) in [5, 5.41) is 4.70. The molecule has 24 heavy (non-hydrogen) atoms. The summed E-state index contributed by atoms with van der Waals surface area (Å²) in [6, 6.07) is 11.3. The molecule has 2 heterocycles. The van der Waals surface area contributed by atoms with Crippen molar-refractivity contribution in [3.05, 3.63) is 52.2 Å². The lowest BCUT2D eigenvalue weighted by atomic mass is 10.0. The first kappa shape index (κ1) is 16.5. The summed E-state index contributed by atoms with van der Waals surface area (Å²) >= 11 is 1.74. The van der Waals surface area contributed by atoms with Crippen LogP contribution in [0.3, 0.4) is 0 Å². The van der Waals surface area contributed by atoms with Crippen LogP contribution in [0.2, 0.25) is 0 Å². The van der Waals surface area contributed by atoms with E-state index in [9.17, 15) is 9.59 Å². The van der Waals surface area contributed by atoms with Gasteiger partial charge in [0.2, 0.25) is 5.91 Å². The molecule has 0 radical (unpaired) electrons. The number of hydrogen-bond acceptors (Lipinski definition) is 4. The fourth-order valence-electron chi connectivity index (χ4n) is 2.84. The average Bonchev–Trinajstić information content (AvgIpc) is 3.09. The number of hydrogen-bond donors (Lipinski definition) is 1. The average molecular weight is 344 g/mol. The Balaban J connectivity index is 1.46. The van der Waals surface area contributed by atoms with E-state index < -0.39 is 0 Å². The van der Waals surface area contributed by atoms with Crippen molar-refractivity contribution in [2.45, 2.75) is 19.4 Å². The number of carbonyl (C=O) groups is 2. The van der Waals surface area contributed by atoms with Crippen LogP contribution in [0.15, 0.2) is 41.8 Å². The zero-order valence-corrected chi connectivity index (χ0v) is 14.3. The Morgan fingerprint density at radius 1 is 1.29 bits per heavy atom. The van der Waals surface area contributed by atoms with Gasteiger partial charge >= 0.3 is 0 Å². The summed E-state index contributed by atoms with van der Waals surface area (Å²) in [6.07, 6.45) is 0.883. The fourth-order valence-corrected chi connectivity index (χ4v) is 3.81. The van der Waals surface area contributed by atoms with Gasteiger partial charge in [0.05, 0.1) is 12.6 Å². The second-order valence-corrected chi connectivity index (χ2v) is 6.69. The Bertz CT molecular complexity index is 714. The summed E-state index contributed by atoms with van der Waals surface area (Å²) in [5.41, 5.74) is 1.22. The molecule has 1 aromatic carbocycles. The molecule has 1 N–H and O–H groups in total. The zero-order chi connectivity index (χ0) is 16.9. The van der Waals surface area contributed by atoms with Crippen molar-refractivity contribution in [2.75, 3.05) is 19.7 Å². The van der Waals surface area contributed by atoms with E-state index >= 15 is 0 Å². The molecular weight excluding hydrogens is 324 g/mol. The summed E-state index contributed by atoms with van der Waals surface area (Å²) in [4.78, 5) is 27.4. The van der Waals surface area contributed by atoms with Crippen molar-refractivity contribution < 1.29 is 14.3 Å². The maximum atomic E-state index is 12.4. The third-order valence-electron chi connectivity index (χ3n) is 4.15. The van der Waals surface area contributed by atoms with E-state index in [0.29, 0.717) is 12.3 Å². The van der Waals surface area contributed by atoms with Gasteiger partial charge in [-0.1, -0.05) is 18.2 Å². The van der Waals surface area contributed by atoms with E-state index in [1.54, 1.807) is 23.5 Å². The molecule has 2 aromatic rings. The Hall–Kier alpha value is -2.34. The third-order valence-corrected chi connectivity index (χ3v) is 5.14. The third kappa shape index (κ3) is 3.76. The molecule has 0 bridgehead atoms. The van der Waals surface area contributed by atoms with Gasteiger partial charge in [0, 0.05) is 11.4 Å². The smallest absolute Gasteiger partial charge is 0.258 e. The minimum absolute atomic E-state index is 0.000787. The number of thiophene rings is 1. The van der Waals surface area contributed by atoms with Crippen LogP contribution in [0.5, 0.6) is 5.75 Å². The lowest BCUT2D eigenvalue weighted by Crippen LogP contribution is -2.44. The number of rotatable bonds is 5. The van der Waals surface area contributed by atoms with Crippen LogP contribution in [0.4, 0.5) is 0 Å². The number of para-hydroxylation sites is 1. The summed E-state index contributed by atoms with van der Waals surface area (Å²) in [6.45, 7) is 2.63. The normalized spacial score (nSPS) is 16.4. The first-order valence-electron chi connectivity index (χ1n) is 7.95. The molecule has 6 heteroatoms. The van der Waals surface area contributed by atoms with E-state index in [4.69, 9.17) is 4.74 Å². The molecule has 2 amide bonds. The maximum absolute atomic E-state index is 12.4. The van der Waals surface area contributed by atoms with E-state index in [1.165, 1.54) is 10.4 Å². The Labute approximate surface area is 145 Å². The number of benzene rings is 1. The molecule has 1 aliphatic rings. The zero-order valence-electron chi connectivity index (χ0n) is 13.5. The number of carbonyl (C=O) groups excluding carboxylic acids is 2. The second kappa shape index (κ2) is 7.49. The molecule has 1 atom stereocenters. The van der Waals surface area contributed by atoms with Crippen molar-refractivity contribution in [1.82, 2.24) is 10.2 Å². The van der Waals surface area contributed by atoms with Crippen LogP contribution in [0.1, 0.15) is 23.4 Å². The lowest BCUT2D eigenvalue weighted by molar-refractivity contribution is -0.135. The molecular formula is C18H20N2O3S. The largest absolute Gasteiger partial charge is 0.484 e. The van der Waals surface area contributed by atoms with Gasteiger partial charge in [-0.05, 0) is 42.5 Å². The number of amides is 2. The minimum Gasteiger partial charge on any atom is -0.484 e. The molecule has 3 rings (SSSR count). The summed E-state index contributed by atoms with van der Waals surface area (Å²) < 4.78 is 5.37. The predicted molar refractivity (Wildman–Crippen MR) is 93.1 cm³/mol. The molecule has 0 saturated heterocycles. The van der Waals surface area contributed by atoms with Gasteiger partial charge in [-0.2, -0.15) is 0 Å². The van der Waals surface area contributed by atoms with Crippen LogP contribution >= 0.6 is 11.3 Å². The quantitative estimate of drug-likeness (QED) is 0.906. The van der Waals surface area contributed by atoms with Gasteiger partial charge < -0.3 is 15.0 Å². The van der Waals surface area contributed by atoms with Crippen LogP contribution < -0.4 is 10.1 Å². The predicted octanol–water partition coefficient (Wildman–Crippen LogP) is 2.39. The molecule has 5 nitrogen and oxygen atoms in total. The highest BCUT2D eigenvalue weighted by atomic mass is 32.1. The van der Waals surface area contributed by atoms with Crippen molar-refractivity contribution in [1.29, 1.82) is 0 Å². The molecule has 126 valence electrons. The van der Waals surface area contributed by atoms with Crippen molar-refractivity contribution in [2.24, 2.45) is 0 Å². The number of nitrogens with one attached hydrogen (secondary N) is 1. The van der Waals surface area contributed by atoms with Gasteiger partial charge in [0.15, 0.2) is 6.61 Å². The maximum Gasteiger partial charge on any atom is 0.258 e. The van der Waals surface area contributed by atoms with Gasteiger partial charge in [-0.3, -0.25) is 9.59 Å². The van der Waals surface area contributed by atoms with E-state index in [1.807, 2.05) is 30.0 Å². The Morgan fingerprint density at radius 2 is 2.08 bits per heavy atom. The minimum atomic E-state index is -0.298. The summed E-state index contributed by atoms with van der Waals surface area (Å²) in [7, 11) is 0. The highest BCUT2D eigenvalue weighted by Gasteiger charge is 2.28. The van der Waals surface area contributed by atoms with Gasteiger partial charge in [0.25, 0.3) is 5.91 Å². The van der Waals surface area contributed by atoms with Crippen molar-refractivity contribution in [3.63, 3.8) is 0 Å². The van der Waals surface area contributed by atoms with Crippen LogP contribution in [-0.4, -0.2) is 36.4 Å². The Kier molecular flexibility index (Phi) is 5.15. The second-order valence-electron chi connectivity index (χ2n) is 5.69. The van der Waals surface area contributed by atoms with Crippen LogP contribution in [0, 0.1) is 0 Å². The highest BCUT2D eigenvalue weighted by molar-refractivity contribution is 7.10. The van der Waals surface area contributed by atoms with Gasteiger partial charge in [-0.15, -0.1) is 11.3 Å². The molecule has 0 spiro atoms. The van der Waals surface area contributed by atoms with Crippen molar-refractivity contribution >= 4 is 23.2 Å². The number of nitrogens with zero attached hydrogens (tertiary/aromatic N) is 1. The van der Waals surface area contributed by atoms with Crippen molar-refractivity contribution in [3.8, 4) is 5.75 Å². The van der Waals surface area contributed by atoms with Gasteiger partial charge in [-0.25, -0.2) is 0 Å². The molecule has 0 aliphatic carbocycles. The monoisotopic (exact) mass is 344 g/mol. The molecule has 0 saturated carbocycles.